The van der Waals surface area contributed by atoms with Crippen molar-refractivity contribution in [2.45, 2.75) is 39.2 Å². The molecule has 0 radical (unpaired) electrons. The lowest BCUT2D eigenvalue weighted by Gasteiger charge is -2.15. The molecule has 1 heterocycles. The molecule has 6 heteroatoms. The Balaban J connectivity index is 1.56. The van der Waals surface area contributed by atoms with Gasteiger partial charge in [0.25, 0.3) is 5.91 Å². The molecule has 1 fully saturated rings. The highest BCUT2D eigenvalue weighted by Gasteiger charge is 2.21. The van der Waals surface area contributed by atoms with Crippen LogP contribution >= 0.6 is 0 Å². The van der Waals surface area contributed by atoms with Crippen LogP contribution in [-0.4, -0.2) is 24.3 Å². The van der Waals surface area contributed by atoms with Crippen molar-refractivity contribution in [3.05, 3.63) is 59.7 Å². The van der Waals surface area contributed by atoms with Crippen LogP contribution < -0.4 is 15.5 Å². The normalized spacial score (nSPS) is 13.5. The summed E-state index contributed by atoms with van der Waals surface area (Å²) in [6, 6.07) is 14.5. The van der Waals surface area contributed by atoms with Crippen molar-refractivity contribution in [3.8, 4) is 0 Å². The lowest BCUT2D eigenvalue weighted by Crippen LogP contribution is -2.25. The van der Waals surface area contributed by atoms with Gasteiger partial charge >= 0.3 is 0 Å². The zero-order valence-corrected chi connectivity index (χ0v) is 16.0. The molecule has 3 amide bonds. The molecule has 0 aliphatic carbocycles. The number of carbonyl (C=O) groups excluding carboxylic acids is 3. The van der Waals surface area contributed by atoms with Crippen LogP contribution in [0, 0.1) is 0 Å². The summed E-state index contributed by atoms with van der Waals surface area (Å²) in [4.78, 5) is 37.7. The van der Waals surface area contributed by atoms with E-state index in [0.29, 0.717) is 24.9 Å². The molecule has 1 aliphatic heterocycles. The molecule has 0 atom stereocenters. The number of hydrogen-bond donors (Lipinski definition) is 2. The zero-order valence-electron chi connectivity index (χ0n) is 16.0. The second-order valence-corrected chi connectivity index (χ2v) is 6.88. The minimum atomic E-state index is -0.181. The van der Waals surface area contributed by atoms with Crippen LogP contribution in [0.1, 0.15) is 48.5 Å². The average molecular weight is 379 g/mol. The lowest BCUT2D eigenvalue weighted by atomic mass is 10.1. The second kappa shape index (κ2) is 9.17. The first-order valence-electron chi connectivity index (χ1n) is 9.64. The van der Waals surface area contributed by atoms with Gasteiger partial charge in [-0.25, -0.2) is 0 Å². The molecule has 0 spiro atoms. The molecule has 2 aromatic rings. The second-order valence-electron chi connectivity index (χ2n) is 6.88. The van der Waals surface area contributed by atoms with E-state index >= 15 is 0 Å². The topological polar surface area (TPSA) is 78.5 Å². The van der Waals surface area contributed by atoms with E-state index in [4.69, 9.17) is 0 Å². The number of nitrogens with one attached hydrogen (secondary N) is 2. The SMILES string of the molecule is CCCC(=O)Nc1cccc(CNC(=O)c2ccc(N3CCCC3=O)cc2)c1. The summed E-state index contributed by atoms with van der Waals surface area (Å²) < 4.78 is 0. The molecule has 1 saturated heterocycles. The summed E-state index contributed by atoms with van der Waals surface area (Å²) in [6.07, 6.45) is 2.74. The first kappa shape index (κ1) is 19.6. The van der Waals surface area contributed by atoms with Gasteiger partial charge in [-0.1, -0.05) is 19.1 Å². The molecule has 2 aromatic carbocycles. The van der Waals surface area contributed by atoms with Crippen molar-refractivity contribution >= 4 is 29.1 Å². The number of anilines is 2. The fraction of sp³-hybridized carbons (Fsp3) is 0.318. The van der Waals surface area contributed by atoms with Gasteiger partial charge in [-0.15, -0.1) is 0 Å². The molecule has 6 nitrogen and oxygen atoms in total. The fourth-order valence-electron chi connectivity index (χ4n) is 3.21. The molecular weight excluding hydrogens is 354 g/mol. The van der Waals surface area contributed by atoms with Crippen molar-refractivity contribution in [2.75, 3.05) is 16.8 Å². The van der Waals surface area contributed by atoms with E-state index in [0.717, 1.165) is 36.3 Å². The van der Waals surface area contributed by atoms with Crippen molar-refractivity contribution < 1.29 is 14.4 Å². The van der Waals surface area contributed by atoms with Crippen LogP contribution in [0.4, 0.5) is 11.4 Å². The molecule has 0 bridgehead atoms. The van der Waals surface area contributed by atoms with E-state index in [2.05, 4.69) is 10.6 Å². The monoisotopic (exact) mass is 379 g/mol. The third-order valence-electron chi connectivity index (χ3n) is 4.66. The number of rotatable bonds is 7. The highest BCUT2D eigenvalue weighted by Crippen LogP contribution is 2.21. The van der Waals surface area contributed by atoms with Gasteiger partial charge in [0.15, 0.2) is 0 Å². The maximum absolute atomic E-state index is 12.4. The van der Waals surface area contributed by atoms with Crippen molar-refractivity contribution in [1.29, 1.82) is 0 Å². The number of amides is 3. The standard InChI is InChI=1S/C22H25N3O3/c1-2-5-20(26)24-18-7-3-6-16(14-18)15-23-22(28)17-9-11-19(12-10-17)25-13-4-8-21(25)27/h3,6-7,9-12,14H,2,4-5,8,13,15H2,1H3,(H,23,28)(H,24,26). The average Bonchev–Trinajstić information content (AvgIpc) is 3.12. The molecule has 0 saturated carbocycles. The molecule has 3 rings (SSSR count). The van der Waals surface area contributed by atoms with Crippen molar-refractivity contribution in [3.63, 3.8) is 0 Å². The number of hydrogen-bond acceptors (Lipinski definition) is 3. The lowest BCUT2D eigenvalue weighted by molar-refractivity contribution is -0.117. The number of benzene rings is 2. The summed E-state index contributed by atoms with van der Waals surface area (Å²) in [5, 5.41) is 5.74. The van der Waals surface area contributed by atoms with Gasteiger partial charge in [-0.3, -0.25) is 14.4 Å². The first-order valence-corrected chi connectivity index (χ1v) is 9.64. The maximum atomic E-state index is 12.4. The van der Waals surface area contributed by atoms with Gasteiger partial charge in [-0.2, -0.15) is 0 Å². The van der Waals surface area contributed by atoms with Crippen LogP contribution in [0.2, 0.25) is 0 Å². The Bertz CT molecular complexity index is 862. The van der Waals surface area contributed by atoms with E-state index in [-0.39, 0.29) is 17.7 Å². The Morgan fingerprint density at radius 2 is 1.89 bits per heavy atom. The molecule has 0 unspecified atom stereocenters. The van der Waals surface area contributed by atoms with Gasteiger partial charge in [0.1, 0.15) is 0 Å². The van der Waals surface area contributed by atoms with Crippen molar-refractivity contribution in [1.82, 2.24) is 5.32 Å². The Hall–Kier alpha value is -3.15. The Morgan fingerprint density at radius 3 is 2.57 bits per heavy atom. The minimum absolute atomic E-state index is 0.0136. The van der Waals surface area contributed by atoms with E-state index < -0.39 is 0 Å². The molecule has 146 valence electrons. The molecule has 2 N–H and O–H groups in total. The van der Waals surface area contributed by atoms with Gasteiger partial charge < -0.3 is 15.5 Å². The largest absolute Gasteiger partial charge is 0.348 e. The molecular formula is C22H25N3O3. The predicted octanol–water partition coefficient (Wildman–Crippen LogP) is 3.48. The van der Waals surface area contributed by atoms with Crippen LogP contribution in [0.3, 0.4) is 0 Å². The van der Waals surface area contributed by atoms with E-state index in [1.807, 2.05) is 43.3 Å². The van der Waals surface area contributed by atoms with E-state index in [1.54, 1.807) is 17.0 Å². The van der Waals surface area contributed by atoms with Crippen LogP contribution in [0.5, 0.6) is 0 Å². The highest BCUT2D eigenvalue weighted by molar-refractivity contribution is 5.97. The summed E-state index contributed by atoms with van der Waals surface area (Å²) in [5.41, 5.74) is 3.00. The quantitative estimate of drug-likeness (QED) is 0.773. The van der Waals surface area contributed by atoms with Gasteiger partial charge in [0, 0.05) is 42.9 Å². The van der Waals surface area contributed by atoms with Crippen LogP contribution in [0.15, 0.2) is 48.5 Å². The summed E-state index contributed by atoms with van der Waals surface area (Å²) in [7, 11) is 0. The van der Waals surface area contributed by atoms with Crippen molar-refractivity contribution in [2.24, 2.45) is 0 Å². The smallest absolute Gasteiger partial charge is 0.251 e. The Morgan fingerprint density at radius 1 is 1.11 bits per heavy atom. The summed E-state index contributed by atoms with van der Waals surface area (Å²) in [6.45, 7) is 3.05. The number of nitrogens with zero attached hydrogens (tertiary/aromatic N) is 1. The van der Waals surface area contributed by atoms with Gasteiger partial charge in [-0.05, 0) is 54.8 Å². The molecule has 1 aliphatic rings. The first-order chi connectivity index (χ1) is 13.6. The maximum Gasteiger partial charge on any atom is 0.251 e. The van der Waals surface area contributed by atoms with E-state index in [1.165, 1.54) is 0 Å². The molecule has 0 aromatic heterocycles. The minimum Gasteiger partial charge on any atom is -0.348 e. The highest BCUT2D eigenvalue weighted by atomic mass is 16.2. The van der Waals surface area contributed by atoms with Crippen LogP contribution in [0.25, 0.3) is 0 Å². The summed E-state index contributed by atoms with van der Waals surface area (Å²) in [5.74, 6) is -0.0666. The van der Waals surface area contributed by atoms with Crippen LogP contribution in [-0.2, 0) is 16.1 Å². The van der Waals surface area contributed by atoms with Gasteiger partial charge in [0.2, 0.25) is 11.8 Å². The Kier molecular flexibility index (Phi) is 6.42. The third-order valence-corrected chi connectivity index (χ3v) is 4.66. The molecule has 28 heavy (non-hydrogen) atoms. The van der Waals surface area contributed by atoms with Gasteiger partial charge in [0.05, 0.1) is 0 Å². The fourth-order valence-corrected chi connectivity index (χ4v) is 3.21. The number of carbonyl (C=O) groups is 3. The summed E-state index contributed by atoms with van der Waals surface area (Å²) >= 11 is 0. The Labute approximate surface area is 164 Å². The predicted molar refractivity (Wildman–Crippen MR) is 109 cm³/mol. The zero-order chi connectivity index (χ0) is 19.9. The third kappa shape index (κ3) is 4.97. The van der Waals surface area contributed by atoms with E-state index in [9.17, 15) is 14.4 Å².